The summed E-state index contributed by atoms with van der Waals surface area (Å²) in [4.78, 5) is 11.4. The predicted octanol–water partition coefficient (Wildman–Crippen LogP) is 9.48. The molecule has 188 valence electrons. The van der Waals surface area contributed by atoms with Crippen molar-refractivity contribution in [1.29, 1.82) is 0 Å². The van der Waals surface area contributed by atoms with Gasteiger partial charge in [-0.25, -0.2) is 10.9 Å². The average molecular weight is 581 g/mol. The summed E-state index contributed by atoms with van der Waals surface area (Å²) in [7, 11) is 0. The zero-order chi connectivity index (χ0) is 24.6. The molecule has 34 heavy (non-hydrogen) atoms. The van der Waals surface area contributed by atoms with Gasteiger partial charge in [-0.2, -0.15) is 0 Å². The van der Waals surface area contributed by atoms with Crippen molar-refractivity contribution in [3.8, 4) is 0 Å². The van der Waals surface area contributed by atoms with E-state index in [-0.39, 0.29) is 9.13 Å². The number of benzene rings is 2. The van der Waals surface area contributed by atoms with Crippen LogP contribution in [0.25, 0.3) is 10.8 Å². The Morgan fingerprint density at radius 3 is 1.94 bits per heavy atom. The van der Waals surface area contributed by atoms with Crippen molar-refractivity contribution in [3.05, 3.63) is 57.2 Å². The van der Waals surface area contributed by atoms with E-state index in [2.05, 4.69) is 19.1 Å². The summed E-state index contributed by atoms with van der Waals surface area (Å²) in [6.07, 6.45) is 23.5. The Hall–Kier alpha value is -1.76. The molecule has 0 unspecified atom stereocenters. The van der Waals surface area contributed by atoms with Gasteiger partial charge >= 0.3 is 25.8 Å². The SMILES string of the molecule is CCCCCCCCCC/C=C/CCCCCCc1cccc2c(I(=O)=O)c(C(=O)O)ccc12. The van der Waals surface area contributed by atoms with Crippen molar-refractivity contribution in [2.24, 2.45) is 0 Å². The van der Waals surface area contributed by atoms with Crippen LogP contribution in [0.5, 0.6) is 0 Å². The van der Waals surface area contributed by atoms with Gasteiger partial charge in [-0.05, 0) is 55.5 Å². The monoisotopic (exact) mass is 580 g/mol. The number of hydrogen-bond acceptors (Lipinski definition) is 3. The maximum Gasteiger partial charge on any atom is 0.342 e. The highest BCUT2D eigenvalue weighted by atomic mass is 127. The number of fused-ring (bicyclic) bond motifs is 1. The van der Waals surface area contributed by atoms with E-state index in [4.69, 9.17) is 0 Å². The molecule has 1 N–H and O–H groups in total. The lowest BCUT2D eigenvalue weighted by Gasteiger charge is -2.09. The predicted molar refractivity (Wildman–Crippen MR) is 148 cm³/mol. The van der Waals surface area contributed by atoms with Gasteiger partial charge in [0.2, 0.25) is 0 Å². The Balaban J connectivity index is 1.65. The smallest absolute Gasteiger partial charge is 0.342 e. The summed E-state index contributed by atoms with van der Waals surface area (Å²) in [6.45, 7) is 2.26. The van der Waals surface area contributed by atoms with E-state index in [1.165, 1.54) is 76.7 Å². The number of aromatic carboxylic acids is 1. The lowest BCUT2D eigenvalue weighted by molar-refractivity contribution is 0.0696. The molecule has 0 aliphatic rings. The van der Waals surface area contributed by atoms with Crippen molar-refractivity contribution in [3.63, 3.8) is 0 Å². The van der Waals surface area contributed by atoms with Crippen LogP contribution in [-0.4, -0.2) is 11.1 Å². The van der Waals surface area contributed by atoms with Gasteiger partial charge in [0, 0.05) is 5.39 Å². The second kappa shape index (κ2) is 16.8. The van der Waals surface area contributed by atoms with Crippen molar-refractivity contribution in [2.75, 3.05) is 0 Å². The first-order valence-electron chi connectivity index (χ1n) is 13.0. The Labute approximate surface area is 212 Å². The van der Waals surface area contributed by atoms with Crippen molar-refractivity contribution in [2.45, 2.75) is 103 Å². The fourth-order valence-corrected chi connectivity index (χ4v) is 6.33. The lowest BCUT2D eigenvalue weighted by Crippen LogP contribution is -2.01. The van der Waals surface area contributed by atoms with Gasteiger partial charge in [0.25, 0.3) is 0 Å². The molecule has 0 atom stereocenters. The quantitative estimate of drug-likeness (QED) is 0.108. The fourth-order valence-electron chi connectivity index (χ4n) is 4.50. The molecule has 0 saturated carbocycles. The van der Waals surface area contributed by atoms with E-state index in [1.807, 2.05) is 12.1 Å². The standard InChI is InChI=1S/C29H41IO4/c1-2-3-4-5-6-7-8-9-10-11-12-13-14-15-16-17-19-24-20-18-21-26-25(24)22-23-27(29(31)32)28(26)30(33)34/h11-12,18,20-23H,2-10,13-17,19H2,1H3,(H,31,32)/b12-11+. The van der Waals surface area contributed by atoms with E-state index in [1.54, 1.807) is 12.1 Å². The number of unbranched alkanes of at least 4 members (excludes halogenated alkanes) is 12. The average Bonchev–Trinajstić information content (AvgIpc) is 2.82. The maximum absolute atomic E-state index is 11.8. The van der Waals surface area contributed by atoms with E-state index < -0.39 is 25.8 Å². The molecule has 0 saturated heterocycles. The van der Waals surface area contributed by atoms with Gasteiger partial charge in [-0.1, -0.05) is 101 Å². The van der Waals surface area contributed by atoms with Crippen LogP contribution in [0.2, 0.25) is 0 Å². The second-order valence-corrected chi connectivity index (χ2v) is 11.5. The van der Waals surface area contributed by atoms with Gasteiger partial charge in [0.15, 0.2) is 0 Å². The highest BCUT2D eigenvalue weighted by Crippen LogP contribution is 2.32. The summed E-state index contributed by atoms with van der Waals surface area (Å²) in [6, 6.07) is 8.78. The molecule has 0 aliphatic carbocycles. The highest BCUT2D eigenvalue weighted by Gasteiger charge is 2.18. The number of carboxylic acid groups (broad SMARTS) is 1. The molecule has 0 radical (unpaired) electrons. The van der Waals surface area contributed by atoms with Crippen LogP contribution in [0.15, 0.2) is 42.5 Å². The zero-order valence-electron chi connectivity index (χ0n) is 20.7. The van der Waals surface area contributed by atoms with E-state index in [0.29, 0.717) is 5.39 Å². The molecule has 0 bridgehead atoms. The molecule has 0 spiro atoms. The Morgan fingerprint density at radius 1 is 0.765 bits per heavy atom. The Morgan fingerprint density at radius 2 is 1.35 bits per heavy atom. The molecule has 0 aliphatic heterocycles. The third-order valence-electron chi connectivity index (χ3n) is 6.43. The molecule has 0 aromatic heterocycles. The first-order valence-corrected chi connectivity index (χ1v) is 15.9. The molecule has 0 heterocycles. The van der Waals surface area contributed by atoms with Crippen LogP contribution in [0, 0.1) is 3.57 Å². The van der Waals surface area contributed by atoms with Crippen molar-refractivity contribution >= 4 is 36.5 Å². The van der Waals surface area contributed by atoms with Crippen LogP contribution < -0.4 is 0 Å². The van der Waals surface area contributed by atoms with Crippen LogP contribution in [0.4, 0.5) is 0 Å². The lowest BCUT2D eigenvalue weighted by atomic mass is 9.98. The van der Waals surface area contributed by atoms with Gasteiger partial charge < -0.3 is 5.11 Å². The third kappa shape index (κ3) is 9.85. The van der Waals surface area contributed by atoms with Crippen molar-refractivity contribution in [1.82, 2.24) is 0 Å². The van der Waals surface area contributed by atoms with Crippen LogP contribution in [0.3, 0.4) is 0 Å². The number of carboxylic acids is 1. The summed E-state index contributed by atoms with van der Waals surface area (Å²) in [5, 5.41) is 10.8. The normalized spacial score (nSPS) is 11.7. The van der Waals surface area contributed by atoms with E-state index in [0.717, 1.165) is 36.6 Å². The topological polar surface area (TPSA) is 71.4 Å². The summed E-state index contributed by atoms with van der Waals surface area (Å²) < 4.78 is 23.7. The highest BCUT2D eigenvalue weighted by molar-refractivity contribution is 14.2. The first kappa shape index (κ1) is 28.5. The minimum atomic E-state index is -3.93. The van der Waals surface area contributed by atoms with Crippen LogP contribution >= 0.6 is 19.8 Å². The number of rotatable bonds is 18. The first-order chi connectivity index (χ1) is 16.6. The number of hydrogen-bond donors (Lipinski definition) is 1. The van der Waals surface area contributed by atoms with Gasteiger partial charge in [0.05, 0.1) is 9.13 Å². The van der Waals surface area contributed by atoms with Crippen LogP contribution in [-0.2, 0) is 12.6 Å². The maximum atomic E-state index is 11.8. The zero-order valence-corrected chi connectivity index (χ0v) is 22.9. The van der Waals surface area contributed by atoms with E-state index >= 15 is 0 Å². The van der Waals surface area contributed by atoms with Gasteiger partial charge in [-0.3, -0.25) is 0 Å². The molecule has 0 amide bonds. The number of aryl methyl sites for hydroxylation is 1. The molecule has 5 heteroatoms. The molecule has 2 aromatic carbocycles. The fraction of sp³-hybridized carbons (Fsp3) is 0.552. The number of allylic oxidation sites excluding steroid dienone is 2. The Kier molecular flexibility index (Phi) is 14.1. The van der Waals surface area contributed by atoms with Crippen LogP contribution in [0.1, 0.15) is 113 Å². The molecule has 0 fully saturated rings. The van der Waals surface area contributed by atoms with Gasteiger partial charge in [-0.15, -0.1) is 0 Å². The summed E-state index contributed by atoms with van der Waals surface area (Å²) in [5.41, 5.74) is 0.981. The third-order valence-corrected chi connectivity index (χ3v) is 8.47. The summed E-state index contributed by atoms with van der Waals surface area (Å²) in [5.74, 6) is -1.19. The summed E-state index contributed by atoms with van der Waals surface area (Å²) >= 11 is -3.93. The molecular weight excluding hydrogens is 539 g/mol. The Bertz CT molecular complexity index is 983. The molecule has 2 rings (SSSR count). The van der Waals surface area contributed by atoms with E-state index in [9.17, 15) is 16.0 Å². The minimum Gasteiger partial charge on any atom is -0.478 e. The largest absolute Gasteiger partial charge is 0.478 e. The van der Waals surface area contributed by atoms with Crippen molar-refractivity contribution < 1.29 is 16.0 Å². The second-order valence-electron chi connectivity index (χ2n) is 9.15. The minimum absolute atomic E-state index is 0.00908. The molecule has 2 aromatic rings. The number of carbonyl (C=O) groups is 1. The van der Waals surface area contributed by atoms with Gasteiger partial charge in [0.1, 0.15) is 0 Å². The molecule has 4 nitrogen and oxygen atoms in total. The number of halogens is 1. The molecular formula is C29H41IO4.